The lowest BCUT2D eigenvalue weighted by atomic mass is 9.90. The van der Waals surface area contributed by atoms with Gasteiger partial charge in [-0.2, -0.15) is 0 Å². The molecule has 0 aromatic heterocycles. The van der Waals surface area contributed by atoms with Crippen molar-refractivity contribution in [1.82, 2.24) is 0 Å². The number of ether oxygens (including phenoxy) is 3. The molecule has 1 aliphatic rings. The lowest BCUT2D eigenvalue weighted by Gasteiger charge is -2.26. The average molecular weight is 340 g/mol. The van der Waals surface area contributed by atoms with Crippen molar-refractivity contribution >= 4 is 11.9 Å². The zero-order valence-corrected chi connectivity index (χ0v) is 14.5. The summed E-state index contributed by atoms with van der Waals surface area (Å²) in [5.41, 5.74) is 3.34. The van der Waals surface area contributed by atoms with E-state index >= 15 is 0 Å². The van der Waals surface area contributed by atoms with E-state index in [1.165, 1.54) is 25.0 Å². The third kappa shape index (κ3) is 3.99. The molecule has 1 heterocycles. The minimum absolute atomic E-state index is 0.190. The minimum atomic E-state index is -0.485. The molecule has 2 aromatic carbocycles. The van der Waals surface area contributed by atoms with Gasteiger partial charge in [-0.15, -0.1) is 0 Å². The van der Waals surface area contributed by atoms with Crippen LogP contribution in [0.15, 0.2) is 36.4 Å². The van der Waals surface area contributed by atoms with Gasteiger partial charge in [0.2, 0.25) is 0 Å². The second kappa shape index (κ2) is 6.97. The molecule has 0 saturated heterocycles. The lowest BCUT2D eigenvalue weighted by molar-refractivity contribution is -0.134. The molecule has 25 heavy (non-hydrogen) atoms. The molecule has 0 fully saturated rings. The minimum Gasteiger partial charge on any atom is -0.493 e. The molecule has 5 nitrogen and oxygen atoms in total. The van der Waals surface area contributed by atoms with Crippen LogP contribution in [0.2, 0.25) is 0 Å². The zero-order valence-electron chi connectivity index (χ0n) is 14.5. The fraction of sp³-hybridized carbons (Fsp3) is 0.300. The number of hydrogen-bond donors (Lipinski definition) is 0. The van der Waals surface area contributed by atoms with E-state index in [0.29, 0.717) is 12.4 Å². The highest BCUT2D eigenvalue weighted by atomic mass is 16.6. The molecule has 0 saturated carbocycles. The second-order valence-electron chi connectivity index (χ2n) is 6.22. The van der Waals surface area contributed by atoms with Gasteiger partial charge in [-0.1, -0.05) is 29.8 Å². The molecule has 3 rings (SSSR count). The molecule has 5 heteroatoms. The number of aryl methyl sites for hydroxylation is 1. The summed E-state index contributed by atoms with van der Waals surface area (Å²) in [6, 6.07) is 11.7. The van der Waals surface area contributed by atoms with E-state index < -0.39 is 11.9 Å². The average Bonchev–Trinajstić information content (AvgIpc) is 2.55. The predicted octanol–water partition coefficient (Wildman–Crippen LogP) is 3.56. The molecule has 0 N–H and O–H groups in total. The molecule has 1 atom stereocenters. The Morgan fingerprint density at radius 2 is 1.60 bits per heavy atom. The first kappa shape index (κ1) is 17.0. The normalized spacial score (nSPS) is 15.7. The van der Waals surface area contributed by atoms with Gasteiger partial charge in [-0.3, -0.25) is 9.59 Å². The molecule has 130 valence electrons. The van der Waals surface area contributed by atoms with Crippen molar-refractivity contribution in [3.8, 4) is 17.2 Å². The van der Waals surface area contributed by atoms with E-state index in [0.717, 1.165) is 12.0 Å². The number of esters is 2. The highest BCUT2D eigenvalue weighted by Crippen LogP contribution is 2.40. The molecular weight excluding hydrogens is 320 g/mol. The van der Waals surface area contributed by atoms with Gasteiger partial charge in [0.05, 0.1) is 6.61 Å². The van der Waals surface area contributed by atoms with Crippen molar-refractivity contribution in [2.75, 3.05) is 6.61 Å². The lowest BCUT2D eigenvalue weighted by Crippen LogP contribution is -2.20. The fourth-order valence-electron chi connectivity index (χ4n) is 2.91. The first-order valence-corrected chi connectivity index (χ1v) is 8.15. The Morgan fingerprint density at radius 3 is 2.20 bits per heavy atom. The van der Waals surface area contributed by atoms with E-state index in [1.54, 1.807) is 12.1 Å². The van der Waals surface area contributed by atoms with E-state index in [2.05, 4.69) is 31.2 Å². The third-order valence-corrected chi connectivity index (χ3v) is 4.09. The summed E-state index contributed by atoms with van der Waals surface area (Å²) in [5, 5.41) is 0. The summed E-state index contributed by atoms with van der Waals surface area (Å²) in [7, 11) is 0. The van der Waals surface area contributed by atoms with Crippen LogP contribution in [-0.2, 0) is 16.0 Å². The Balaban J connectivity index is 1.91. The maximum Gasteiger partial charge on any atom is 0.308 e. The molecule has 0 amide bonds. The Labute approximate surface area is 146 Å². The molecule has 0 unspecified atom stereocenters. The molecule has 0 spiro atoms. The van der Waals surface area contributed by atoms with Crippen LogP contribution in [-0.4, -0.2) is 18.5 Å². The predicted molar refractivity (Wildman–Crippen MR) is 92.2 cm³/mol. The van der Waals surface area contributed by atoms with Crippen molar-refractivity contribution in [3.05, 3.63) is 53.1 Å². The van der Waals surface area contributed by atoms with Gasteiger partial charge in [-0.05, 0) is 30.5 Å². The van der Waals surface area contributed by atoms with Crippen molar-refractivity contribution in [1.29, 1.82) is 0 Å². The van der Waals surface area contributed by atoms with Crippen LogP contribution in [0.3, 0.4) is 0 Å². The summed E-state index contributed by atoms with van der Waals surface area (Å²) in [6.45, 7) is 5.20. The maximum atomic E-state index is 11.3. The summed E-state index contributed by atoms with van der Waals surface area (Å²) >= 11 is 0. The summed E-state index contributed by atoms with van der Waals surface area (Å²) < 4.78 is 16.2. The van der Waals surface area contributed by atoms with Gasteiger partial charge in [0, 0.05) is 25.8 Å². The van der Waals surface area contributed by atoms with Gasteiger partial charge >= 0.3 is 11.9 Å². The molecular formula is C20H20O5. The number of rotatable bonds is 3. The highest BCUT2D eigenvalue weighted by molar-refractivity contribution is 5.74. The quantitative estimate of drug-likeness (QED) is 0.631. The number of carbonyl (C=O) groups excluding carboxylic acids is 2. The Hall–Kier alpha value is -2.82. The van der Waals surface area contributed by atoms with E-state index in [9.17, 15) is 9.59 Å². The van der Waals surface area contributed by atoms with E-state index in [1.807, 2.05) is 0 Å². The van der Waals surface area contributed by atoms with Crippen LogP contribution >= 0.6 is 0 Å². The Bertz CT molecular complexity index is 808. The van der Waals surface area contributed by atoms with Gasteiger partial charge in [0.15, 0.2) is 11.5 Å². The van der Waals surface area contributed by atoms with Crippen LogP contribution < -0.4 is 14.2 Å². The first-order valence-electron chi connectivity index (χ1n) is 8.15. The van der Waals surface area contributed by atoms with Gasteiger partial charge in [0.25, 0.3) is 0 Å². The van der Waals surface area contributed by atoms with Crippen molar-refractivity contribution in [2.24, 2.45) is 0 Å². The maximum absolute atomic E-state index is 11.3. The molecule has 0 bridgehead atoms. The molecule has 0 radical (unpaired) electrons. The van der Waals surface area contributed by atoms with E-state index in [-0.39, 0.29) is 17.4 Å². The van der Waals surface area contributed by atoms with Crippen LogP contribution in [0.25, 0.3) is 0 Å². The summed E-state index contributed by atoms with van der Waals surface area (Å²) in [4.78, 5) is 22.6. The Kier molecular flexibility index (Phi) is 4.74. The number of carbonyl (C=O) groups is 2. The van der Waals surface area contributed by atoms with Gasteiger partial charge < -0.3 is 14.2 Å². The molecule has 1 aliphatic heterocycles. The number of fused-ring (bicyclic) bond motifs is 1. The fourth-order valence-corrected chi connectivity index (χ4v) is 2.91. The first-order chi connectivity index (χ1) is 11.9. The van der Waals surface area contributed by atoms with Crippen molar-refractivity contribution in [3.63, 3.8) is 0 Å². The number of hydrogen-bond acceptors (Lipinski definition) is 5. The van der Waals surface area contributed by atoms with Gasteiger partial charge in [0.1, 0.15) is 5.75 Å². The summed E-state index contributed by atoms with van der Waals surface area (Å²) in [5.74, 6) is 0.333. The van der Waals surface area contributed by atoms with Crippen LogP contribution in [0.1, 0.15) is 36.5 Å². The van der Waals surface area contributed by atoms with Crippen LogP contribution in [0.5, 0.6) is 17.2 Å². The third-order valence-electron chi connectivity index (χ3n) is 4.09. The standard InChI is InChI=1S/C20H20O5/c1-12-4-6-15(7-5-12)17-8-16-9-19(24-13(2)21)20(25-14(3)22)10-18(16)23-11-17/h4-7,9-10,17H,8,11H2,1-3H3/t17-/m1/s1. The smallest absolute Gasteiger partial charge is 0.308 e. The van der Waals surface area contributed by atoms with Crippen molar-refractivity contribution in [2.45, 2.75) is 33.1 Å². The second-order valence-corrected chi connectivity index (χ2v) is 6.22. The monoisotopic (exact) mass is 340 g/mol. The topological polar surface area (TPSA) is 61.8 Å². The zero-order chi connectivity index (χ0) is 18.0. The van der Waals surface area contributed by atoms with Crippen LogP contribution in [0, 0.1) is 6.92 Å². The number of benzene rings is 2. The largest absolute Gasteiger partial charge is 0.493 e. The Morgan fingerprint density at radius 1 is 1.00 bits per heavy atom. The molecule has 0 aliphatic carbocycles. The van der Waals surface area contributed by atoms with Crippen molar-refractivity contribution < 1.29 is 23.8 Å². The highest BCUT2D eigenvalue weighted by Gasteiger charge is 2.25. The van der Waals surface area contributed by atoms with Crippen LogP contribution in [0.4, 0.5) is 0 Å². The molecule has 2 aromatic rings. The van der Waals surface area contributed by atoms with Gasteiger partial charge in [-0.25, -0.2) is 0 Å². The SMILES string of the molecule is CC(=O)Oc1cc2c(cc1OC(C)=O)OC[C@H](c1ccc(C)cc1)C2. The van der Waals surface area contributed by atoms with E-state index in [4.69, 9.17) is 14.2 Å². The summed E-state index contributed by atoms with van der Waals surface area (Å²) in [6.07, 6.45) is 0.757.